The van der Waals surface area contributed by atoms with Gasteiger partial charge < -0.3 is 9.88 Å². The van der Waals surface area contributed by atoms with Gasteiger partial charge >= 0.3 is 0 Å². The second-order valence-electron chi connectivity index (χ2n) is 4.62. The van der Waals surface area contributed by atoms with Crippen molar-refractivity contribution in [3.8, 4) is 0 Å². The standard InChI is InChI=1S/C13H15N3O/c1-9(17)10-6-7-16(8-10)13-14-11-4-2-3-5-12(11)15-13/h2-5,10H,6-8H2,1H3,(H,14,15)/t10-/m1/s1. The van der Waals surface area contributed by atoms with E-state index in [-0.39, 0.29) is 11.7 Å². The fraction of sp³-hybridized carbons (Fsp3) is 0.385. The summed E-state index contributed by atoms with van der Waals surface area (Å²) in [7, 11) is 0. The highest BCUT2D eigenvalue weighted by atomic mass is 16.1. The SMILES string of the molecule is CC(=O)[C@@H]1CCN(c2nc3ccccc3[nH]2)C1. The number of para-hydroxylation sites is 2. The molecule has 0 spiro atoms. The van der Waals surface area contributed by atoms with Crippen molar-refractivity contribution >= 4 is 22.8 Å². The number of anilines is 1. The first-order valence-corrected chi connectivity index (χ1v) is 5.94. The Balaban J connectivity index is 1.87. The second-order valence-corrected chi connectivity index (χ2v) is 4.62. The highest BCUT2D eigenvalue weighted by Gasteiger charge is 2.27. The lowest BCUT2D eigenvalue weighted by Crippen LogP contribution is -2.22. The van der Waals surface area contributed by atoms with Gasteiger partial charge in [0.2, 0.25) is 5.95 Å². The Labute approximate surface area is 99.6 Å². The molecule has 2 heterocycles. The number of imidazole rings is 1. The summed E-state index contributed by atoms with van der Waals surface area (Å²) in [5, 5.41) is 0. The Morgan fingerprint density at radius 1 is 1.47 bits per heavy atom. The van der Waals surface area contributed by atoms with Crippen molar-refractivity contribution in [2.75, 3.05) is 18.0 Å². The fourth-order valence-corrected chi connectivity index (χ4v) is 2.37. The normalized spacial score (nSPS) is 20.1. The van der Waals surface area contributed by atoms with Crippen LogP contribution < -0.4 is 4.90 Å². The molecule has 17 heavy (non-hydrogen) atoms. The molecule has 0 radical (unpaired) electrons. The molecule has 0 bridgehead atoms. The summed E-state index contributed by atoms with van der Waals surface area (Å²) in [5.41, 5.74) is 2.03. The topological polar surface area (TPSA) is 49.0 Å². The summed E-state index contributed by atoms with van der Waals surface area (Å²) in [4.78, 5) is 21.3. The molecule has 1 aromatic carbocycles. The van der Waals surface area contributed by atoms with Crippen molar-refractivity contribution in [3.63, 3.8) is 0 Å². The summed E-state index contributed by atoms with van der Waals surface area (Å²) in [6.45, 7) is 3.37. The first kappa shape index (κ1) is 10.3. The highest BCUT2D eigenvalue weighted by molar-refractivity contribution is 5.80. The van der Waals surface area contributed by atoms with Gasteiger partial charge in [-0.1, -0.05) is 12.1 Å². The molecule has 0 saturated carbocycles. The minimum absolute atomic E-state index is 0.170. The van der Waals surface area contributed by atoms with Crippen LogP contribution in [-0.2, 0) is 4.79 Å². The van der Waals surface area contributed by atoms with Crippen LogP contribution in [0.5, 0.6) is 0 Å². The minimum atomic E-state index is 0.170. The number of carbonyl (C=O) groups excluding carboxylic acids is 1. The van der Waals surface area contributed by atoms with Crippen LogP contribution in [0.1, 0.15) is 13.3 Å². The summed E-state index contributed by atoms with van der Waals surface area (Å²) in [5.74, 6) is 1.33. The molecule has 4 heteroatoms. The van der Waals surface area contributed by atoms with Gasteiger partial charge in [-0.15, -0.1) is 0 Å². The van der Waals surface area contributed by atoms with Crippen molar-refractivity contribution < 1.29 is 4.79 Å². The number of nitrogens with zero attached hydrogens (tertiary/aromatic N) is 2. The summed E-state index contributed by atoms with van der Waals surface area (Å²) in [6, 6.07) is 7.99. The largest absolute Gasteiger partial charge is 0.342 e. The smallest absolute Gasteiger partial charge is 0.203 e. The van der Waals surface area contributed by atoms with Crippen LogP contribution in [0.15, 0.2) is 24.3 Å². The Morgan fingerprint density at radius 2 is 2.29 bits per heavy atom. The quantitative estimate of drug-likeness (QED) is 0.856. The Kier molecular flexibility index (Phi) is 2.35. The molecule has 2 aromatic rings. The van der Waals surface area contributed by atoms with Crippen LogP contribution in [-0.4, -0.2) is 28.8 Å². The number of fused-ring (bicyclic) bond motifs is 1. The van der Waals surface area contributed by atoms with Gasteiger partial charge in [-0.2, -0.15) is 0 Å². The van der Waals surface area contributed by atoms with Crippen LogP contribution in [0.4, 0.5) is 5.95 Å². The molecule has 1 aliphatic heterocycles. The van der Waals surface area contributed by atoms with Crippen molar-refractivity contribution in [1.82, 2.24) is 9.97 Å². The maximum atomic E-state index is 11.3. The summed E-state index contributed by atoms with van der Waals surface area (Å²) < 4.78 is 0. The summed E-state index contributed by atoms with van der Waals surface area (Å²) in [6.07, 6.45) is 0.937. The zero-order valence-corrected chi connectivity index (χ0v) is 9.81. The number of nitrogens with one attached hydrogen (secondary N) is 1. The van der Waals surface area contributed by atoms with Crippen LogP contribution >= 0.6 is 0 Å². The van der Waals surface area contributed by atoms with E-state index in [1.165, 1.54) is 0 Å². The van der Waals surface area contributed by atoms with Gasteiger partial charge in [0.05, 0.1) is 11.0 Å². The number of H-pyrrole nitrogens is 1. The van der Waals surface area contributed by atoms with E-state index in [0.29, 0.717) is 0 Å². The molecule has 1 fully saturated rings. The Morgan fingerprint density at radius 3 is 3.00 bits per heavy atom. The molecule has 3 rings (SSSR count). The number of hydrogen-bond donors (Lipinski definition) is 1. The van der Waals surface area contributed by atoms with Crippen LogP contribution in [0.3, 0.4) is 0 Å². The van der Waals surface area contributed by atoms with Gasteiger partial charge in [-0.05, 0) is 25.5 Å². The van der Waals surface area contributed by atoms with Gasteiger partial charge in [-0.3, -0.25) is 4.79 Å². The van der Waals surface area contributed by atoms with E-state index in [0.717, 1.165) is 36.5 Å². The van der Waals surface area contributed by atoms with E-state index in [4.69, 9.17) is 0 Å². The Hall–Kier alpha value is -1.84. The first-order chi connectivity index (χ1) is 8.24. The lowest BCUT2D eigenvalue weighted by Gasteiger charge is -2.13. The van der Waals surface area contributed by atoms with E-state index >= 15 is 0 Å². The van der Waals surface area contributed by atoms with E-state index in [9.17, 15) is 4.79 Å². The second kappa shape index (κ2) is 3.87. The predicted octanol–water partition coefficient (Wildman–Crippen LogP) is 1.98. The molecule has 1 saturated heterocycles. The monoisotopic (exact) mass is 229 g/mol. The number of rotatable bonds is 2. The van der Waals surface area contributed by atoms with E-state index in [2.05, 4.69) is 14.9 Å². The summed E-state index contributed by atoms with van der Waals surface area (Å²) >= 11 is 0. The number of ketones is 1. The van der Waals surface area contributed by atoms with E-state index in [1.807, 2.05) is 24.3 Å². The molecule has 0 aliphatic carbocycles. The zero-order chi connectivity index (χ0) is 11.8. The molecule has 1 N–H and O–H groups in total. The predicted molar refractivity (Wildman–Crippen MR) is 67.1 cm³/mol. The van der Waals surface area contributed by atoms with Gasteiger partial charge in [0.25, 0.3) is 0 Å². The van der Waals surface area contributed by atoms with Crippen LogP contribution in [0.2, 0.25) is 0 Å². The minimum Gasteiger partial charge on any atom is -0.342 e. The van der Waals surface area contributed by atoms with Crippen molar-refractivity contribution in [3.05, 3.63) is 24.3 Å². The van der Waals surface area contributed by atoms with Crippen molar-refractivity contribution in [2.45, 2.75) is 13.3 Å². The number of aromatic nitrogens is 2. The number of benzene rings is 1. The molecule has 4 nitrogen and oxygen atoms in total. The average Bonchev–Trinajstić information content (AvgIpc) is 2.95. The third kappa shape index (κ3) is 1.79. The molecular formula is C13H15N3O. The van der Waals surface area contributed by atoms with Gasteiger partial charge in [0.1, 0.15) is 5.78 Å². The lowest BCUT2D eigenvalue weighted by atomic mass is 10.1. The average molecular weight is 229 g/mol. The molecule has 1 aliphatic rings. The van der Waals surface area contributed by atoms with Gasteiger partial charge in [0, 0.05) is 19.0 Å². The highest BCUT2D eigenvalue weighted by Crippen LogP contribution is 2.24. The van der Waals surface area contributed by atoms with E-state index < -0.39 is 0 Å². The maximum Gasteiger partial charge on any atom is 0.203 e. The van der Waals surface area contributed by atoms with Crippen molar-refractivity contribution in [2.24, 2.45) is 5.92 Å². The third-order valence-corrected chi connectivity index (χ3v) is 3.44. The first-order valence-electron chi connectivity index (χ1n) is 5.94. The number of Topliss-reactive ketones (excluding diaryl/α,β-unsaturated/α-hetero) is 1. The maximum absolute atomic E-state index is 11.3. The number of hydrogen-bond acceptors (Lipinski definition) is 3. The molecule has 88 valence electrons. The van der Waals surface area contributed by atoms with Gasteiger partial charge in [0.15, 0.2) is 0 Å². The van der Waals surface area contributed by atoms with E-state index in [1.54, 1.807) is 6.92 Å². The van der Waals surface area contributed by atoms with Crippen molar-refractivity contribution in [1.29, 1.82) is 0 Å². The zero-order valence-electron chi connectivity index (χ0n) is 9.81. The number of carbonyl (C=O) groups is 1. The molecular weight excluding hydrogens is 214 g/mol. The molecule has 0 unspecified atom stereocenters. The lowest BCUT2D eigenvalue weighted by molar-refractivity contribution is -0.120. The molecule has 0 amide bonds. The fourth-order valence-electron chi connectivity index (χ4n) is 2.37. The Bertz CT molecular complexity index is 528. The van der Waals surface area contributed by atoms with Crippen LogP contribution in [0, 0.1) is 5.92 Å². The van der Waals surface area contributed by atoms with Crippen LogP contribution in [0.25, 0.3) is 11.0 Å². The number of aromatic amines is 1. The molecule has 1 aromatic heterocycles. The third-order valence-electron chi connectivity index (χ3n) is 3.44. The van der Waals surface area contributed by atoms with Gasteiger partial charge in [-0.25, -0.2) is 4.98 Å². The molecule has 1 atom stereocenters.